The molecular formula is C19H18ClNO3S. The van der Waals surface area contributed by atoms with Crippen LogP contribution in [0.3, 0.4) is 0 Å². The van der Waals surface area contributed by atoms with E-state index in [-0.39, 0.29) is 18.6 Å². The van der Waals surface area contributed by atoms with Crippen molar-refractivity contribution in [3.05, 3.63) is 64.7 Å². The lowest BCUT2D eigenvalue weighted by molar-refractivity contribution is -0.124. The first-order valence-electron chi connectivity index (χ1n) is 8.04. The Bertz CT molecular complexity index is 760. The maximum Gasteiger partial charge on any atom is 0.338 e. The molecule has 1 aliphatic rings. The average molecular weight is 376 g/mol. The molecule has 0 aromatic heterocycles. The van der Waals surface area contributed by atoms with E-state index in [0.29, 0.717) is 10.6 Å². The zero-order valence-corrected chi connectivity index (χ0v) is 15.1. The molecule has 3 rings (SSSR count). The van der Waals surface area contributed by atoms with Crippen molar-refractivity contribution >= 4 is 35.2 Å². The summed E-state index contributed by atoms with van der Waals surface area (Å²) >= 11 is 7.54. The van der Waals surface area contributed by atoms with Crippen LogP contribution in [-0.2, 0) is 15.3 Å². The molecule has 1 aliphatic carbocycles. The SMILES string of the molecule is O=C(COC(=O)c1cccc(CSc2ccc(Cl)cc2)c1)NC1CC1. The first-order valence-corrected chi connectivity index (χ1v) is 9.40. The second kappa shape index (κ2) is 8.41. The highest BCUT2D eigenvalue weighted by atomic mass is 35.5. The van der Waals surface area contributed by atoms with E-state index in [1.165, 1.54) is 0 Å². The van der Waals surface area contributed by atoms with Crippen LogP contribution in [0.25, 0.3) is 0 Å². The maximum absolute atomic E-state index is 12.1. The van der Waals surface area contributed by atoms with E-state index in [9.17, 15) is 9.59 Å². The Morgan fingerprint density at radius 2 is 1.92 bits per heavy atom. The molecule has 6 heteroatoms. The Kier molecular flexibility index (Phi) is 6.00. The smallest absolute Gasteiger partial charge is 0.338 e. The topological polar surface area (TPSA) is 55.4 Å². The average Bonchev–Trinajstić information content (AvgIpc) is 3.43. The van der Waals surface area contributed by atoms with Crippen molar-refractivity contribution in [3.8, 4) is 0 Å². The van der Waals surface area contributed by atoms with E-state index in [4.69, 9.17) is 16.3 Å². The molecule has 0 atom stereocenters. The van der Waals surface area contributed by atoms with Gasteiger partial charge in [0.15, 0.2) is 6.61 Å². The number of esters is 1. The van der Waals surface area contributed by atoms with E-state index < -0.39 is 5.97 Å². The van der Waals surface area contributed by atoms with E-state index in [2.05, 4.69) is 5.32 Å². The number of carbonyl (C=O) groups is 2. The third-order valence-corrected chi connectivity index (χ3v) is 4.99. The quantitative estimate of drug-likeness (QED) is 0.585. The van der Waals surface area contributed by atoms with E-state index in [0.717, 1.165) is 29.1 Å². The summed E-state index contributed by atoms with van der Waals surface area (Å²) in [6.45, 7) is -0.237. The van der Waals surface area contributed by atoms with Gasteiger partial charge in [0.2, 0.25) is 0 Å². The van der Waals surface area contributed by atoms with Crippen molar-refractivity contribution in [1.29, 1.82) is 0 Å². The normalized spacial score (nSPS) is 13.3. The number of benzene rings is 2. The summed E-state index contributed by atoms with van der Waals surface area (Å²) in [4.78, 5) is 24.8. The first-order chi connectivity index (χ1) is 12.1. The summed E-state index contributed by atoms with van der Waals surface area (Å²) in [5.74, 6) is -0.000131. The third-order valence-electron chi connectivity index (χ3n) is 3.66. The number of ether oxygens (including phenoxy) is 1. The molecule has 130 valence electrons. The van der Waals surface area contributed by atoms with E-state index in [1.54, 1.807) is 23.9 Å². The molecule has 1 N–H and O–H groups in total. The maximum atomic E-state index is 12.1. The highest BCUT2D eigenvalue weighted by Gasteiger charge is 2.23. The highest BCUT2D eigenvalue weighted by Crippen LogP contribution is 2.24. The van der Waals surface area contributed by atoms with Crippen LogP contribution in [0.4, 0.5) is 0 Å². The zero-order valence-electron chi connectivity index (χ0n) is 13.5. The molecular weight excluding hydrogens is 358 g/mol. The largest absolute Gasteiger partial charge is 0.452 e. The van der Waals surface area contributed by atoms with Gasteiger partial charge in [0, 0.05) is 21.7 Å². The van der Waals surface area contributed by atoms with Crippen molar-refractivity contribution in [2.75, 3.05) is 6.61 Å². The van der Waals surface area contributed by atoms with Gasteiger partial charge in [-0.3, -0.25) is 4.79 Å². The number of amides is 1. The summed E-state index contributed by atoms with van der Waals surface area (Å²) in [6, 6.07) is 15.2. The summed E-state index contributed by atoms with van der Waals surface area (Å²) in [6.07, 6.45) is 2.01. The summed E-state index contributed by atoms with van der Waals surface area (Å²) in [5.41, 5.74) is 1.46. The van der Waals surface area contributed by atoms with Crippen molar-refractivity contribution in [2.45, 2.75) is 29.5 Å². The van der Waals surface area contributed by atoms with Crippen molar-refractivity contribution in [2.24, 2.45) is 0 Å². The van der Waals surface area contributed by atoms with Gasteiger partial charge in [0.05, 0.1) is 5.56 Å². The molecule has 0 aliphatic heterocycles. The van der Waals surface area contributed by atoms with E-state index >= 15 is 0 Å². The van der Waals surface area contributed by atoms with E-state index in [1.807, 2.05) is 36.4 Å². The number of rotatable bonds is 7. The van der Waals surface area contributed by atoms with Crippen LogP contribution >= 0.6 is 23.4 Å². The van der Waals surface area contributed by atoms with Gasteiger partial charge in [0.25, 0.3) is 5.91 Å². The first kappa shape index (κ1) is 17.8. The molecule has 25 heavy (non-hydrogen) atoms. The molecule has 0 heterocycles. The Labute approximate surface area is 155 Å². The van der Waals surface area contributed by atoms with Gasteiger partial charge >= 0.3 is 5.97 Å². The van der Waals surface area contributed by atoms with Gasteiger partial charge in [-0.05, 0) is 54.8 Å². The molecule has 1 amide bonds. The number of carbonyl (C=O) groups excluding carboxylic acids is 2. The minimum absolute atomic E-state index is 0.237. The molecule has 2 aromatic rings. The van der Waals surface area contributed by atoms with Gasteiger partial charge in [0.1, 0.15) is 0 Å². The van der Waals surface area contributed by atoms with Gasteiger partial charge < -0.3 is 10.1 Å². The number of nitrogens with one attached hydrogen (secondary N) is 1. The molecule has 4 nitrogen and oxygen atoms in total. The second-order valence-corrected chi connectivity index (χ2v) is 7.35. The Morgan fingerprint density at radius 3 is 2.64 bits per heavy atom. The van der Waals surface area contributed by atoms with Gasteiger partial charge in [-0.25, -0.2) is 4.79 Å². The molecule has 0 bridgehead atoms. The number of halogens is 1. The molecule has 0 saturated heterocycles. The Hall–Kier alpha value is -1.98. The monoisotopic (exact) mass is 375 g/mol. The lowest BCUT2D eigenvalue weighted by Crippen LogP contribution is -2.30. The fourth-order valence-electron chi connectivity index (χ4n) is 2.20. The lowest BCUT2D eigenvalue weighted by atomic mass is 10.1. The predicted molar refractivity (Wildman–Crippen MR) is 98.9 cm³/mol. The summed E-state index contributed by atoms with van der Waals surface area (Å²) in [5, 5.41) is 3.49. The highest BCUT2D eigenvalue weighted by molar-refractivity contribution is 7.98. The van der Waals surface area contributed by atoms with Crippen LogP contribution in [-0.4, -0.2) is 24.5 Å². The van der Waals surface area contributed by atoms with Gasteiger partial charge in [-0.2, -0.15) is 0 Å². The van der Waals surface area contributed by atoms with Crippen LogP contribution in [0.5, 0.6) is 0 Å². The third kappa shape index (κ3) is 5.80. The Balaban J connectivity index is 1.51. The van der Waals surface area contributed by atoms with Gasteiger partial charge in [-0.15, -0.1) is 11.8 Å². The lowest BCUT2D eigenvalue weighted by Gasteiger charge is -2.07. The van der Waals surface area contributed by atoms with Crippen molar-refractivity contribution in [3.63, 3.8) is 0 Å². The summed E-state index contributed by atoms with van der Waals surface area (Å²) in [7, 11) is 0. The fraction of sp³-hybridized carbons (Fsp3) is 0.263. The van der Waals surface area contributed by atoms with Crippen LogP contribution in [0.15, 0.2) is 53.4 Å². The second-order valence-electron chi connectivity index (χ2n) is 5.86. The minimum Gasteiger partial charge on any atom is -0.452 e. The minimum atomic E-state index is -0.482. The van der Waals surface area contributed by atoms with Crippen molar-refractivity contribution in [1.82, 2.24) is 5.32 Å². The van der Waals surface area contributed by atoms with Gasteiger partial charge in [-0.1, -0.05) is 23.7 Å². The molecule has 2 aromatic carbocycles. The van der Waals surface area contributed by atoms with Crippen LogP contribution < -0.4 is 5.32 Å². The number of hydrogen-bond acceptors (Lipinski definition) is 4. The summed E-state index contributed by atoms with van der Waals surface area (Å²) < 4.78 is 5.08. The van der Waals surface area contributed by atoms with Crippen LogP contribution in [0.1, 0.15) is 28.8 Å². The number of hydrogen-bond donors (Lipinski definition) is 1. The molecule has 0 radical (unpaired) electrons. The fourth-order valence-corrected chi connectivity index (χ4v) is 3.16. The standard InChI is InChI=1S/C19H18ClNO3S/c20-15-4-8-17(9-5-15)25-12-13-2-1-3-14(10-13)19(23)24-11-18(22)21-16-6-7-16/h1-5,8-10,16H,6-7,11-12H2,(H,21,22). The zero-order chi connectivity index (χ0) is 17.6. The van der Waals surface area contributed by atoms with Crippen LogP contribution in [0.2, 0.25) is 5.02 Å². The van der Waals surface area contributed by atoms with Crippen molar-refractivity contribution < 1.29 is 14.3 Å². The Morgan fingerprint density at radius 1 is 1.16 bits per heavy atom. The van der Waals surface area contributed by atoms with Crippen LogP contribution in [0, 0.1) is 0 Å². The molecule has 1 fully saturated rings. The number of thioether (sulfide) groups is 1. The molecule has 1 saturated carbocycles. The predicted octanol–water partition coefficient (Wildman–Crippen LogP) is 4.07. The molecule has 0 unspecified atom stereocenters. The molecule has 0 spiro atoms.